The van der Waals surface area contributed by atoms with Gasteiger partial charge in [0.05, 0.1) is 32.0 Å². The van der Waals surface area contributed by atoms with Crippen LogP contribution in [0, 0.1) is 0 Å². The second-order valence-corrected chi connectivity index (χ2v) is 24.3. The molecule has 14 heteroatoms. The van der Waals surface area contributed by atoms with E-state index in [1.807, 2.05) is 6.08 Å². The van der Waals surface area contributed by atoms with E-state index in [0.717, 1.165) is 128 Å². The third-order valence-electron chi connectivity index (χ3n) is 16.2. The molecule has 0 spiro atoms. The molecule has 92 heavy (non-hydrogen) atoms. The third kappa shape index (κ3) is 43.6. The van der Waals surface area contributed by atoms with Crippen molar-refractivity contribution in [1.29, 1.82) is 0 Å². The topological polar surface area (TPSA) is 228 Å². The number of allylic oxidation sites excluding steroid dienone is 25. The Morgan fingerprint density at radius 3 is 1.20 bits per heavy atom. The summed E-state index contributed by atoms with van der Waals surface area (Å²) >= 11 is 0. The average Bonchev–Trinajstić information content (AvgIpc) is 0.915. The summed E-state index contributed by atoms with van der Waals surface area (Å²) < 4.78 is 22.8. The van der Waals surface area contributed by atoms with Gasteiger partial charge in [0.25, 0.3) is 0 Å². The van der Waals surface area contributed by atoms with Gasteiger partial charge in [0.1, 0.15) is 48.8 Å². The summed E-state index contributed by atoms with van der Waals surface area (Å²) in [5.74, 6) is -0.274. The molecule has 12 unspecified atom stereocenters. The largest absolute Gasteiger partial charge is 0.394 e. The van der Waals surface area contributed by atoms with Crippen molar-refractivity contribution in [1.82, 2.24) is 5.32 Å². The number of rotatable bonds is 56. The summed E-state index contributed by atoms with van der Waals surface area (Å²) in [4.78, 5) is 13.3. The van der Waals surface area contributed by atoms with Gasteiger partial charge in [0, 0.05) is 6.42 Å². The Balaban J connectivity index is 1.70. The first-order valence-electron chi connectivity index (χ1n) is 35.7. The van der Waals surface area contributed by atoms with Gasteiger partial charge in [0.2, 0.25) is 5.91 Å². The number of aliphatic hydroxyl groups is 8. The zero-order valence-corrected chi connectivity index (χ0v) is 56.7. The van der Waals surface area contributed by atoms with Crippen molar-refractivity contribution in [2.24, 2.45) is 0 Å². The number of hydrogen-bond acceptors (Lipinski definition) is 13. The van der Waals surface area contributed by atoms with Crippen molar-refractivity contribution in [3.8, 4) is 0 Å². The first-order chi connectivity index (χ1) is 45.1. The first kappa shape index (κ1) is 83.7. The van der Waals surface area contributed by atoms with Crippen molar-refractivity contribution in [2.75, 3.05) is 19.8 Å². The molecule has 0 bridgehead atoms. The van der Waals surface area contributed by atoms with Crippen LogP contribution < -0.4 is 5.32 Å². The minimum atomic E-state index is -1.80. The van der Waals surface area contributed by atoms with Crippen molar-refractivity contribution in [2.45, 2.75) is 306 Å². The van der Waals surface area contributed by atoms with E-state index in [1.165, 1.54) is 70.6 Å². The molecule has 0 radical (unpaired) electrons. The number of nitrogens with one attached hydrogen (secondary N) is 1. The summed E-state index contributed by atoms with van der Waals surface area (Å²) in [6.45, 7) is 2.64. The smallest absolute Gasteiger partial charge is 0.220 e. The van der Waals surface area contributed by atoms with Crippen molar-refractivity contribution < 1.29 is 64.6 Å². The van der Waals surface area contributed by atoms with E-state index < -0.39 is 86.8 Å². The van der Waals surface area contributed by atoms with Crippen LogP contribution in [0.4, 0.5) is 0 Å². The fraction of sp³-hybridized carbons (Fsp3) is 0.654. The lowest BCUT2D eigenvalue weighted by atomic mass is 9.97. The van der Waals surface area contributed by atoms with E-state index in [4.69, 9.17) is 18.9 Å². The van der Waals surface area contributed by atoms with Crippen LogP contribution >= 0.6 is 0 Å². The highest BCUT2D eigenvalue weighted by molar-refractivity contribution is 5.76. The maximum Gasteiger partial charge on any atom is 0.220 e. The van der Waals surface area contributed by atoms with Gasteiger partial charge in [-0.05, 0) is 122 Å². The van der Waals surface area contributed by atoms with E-state index in [-0.39, 0.29) is 18.9 Å². The molecule has 0 aliphatic carbocycles. The van der Waals surface area contributed by atoms with E-state index in [2.05, 4.69) is 165 Å². The van der Waals surface area contributed by atoms with Gasteiger partial charge in [-0.15, -0.1) is 0 Å². The minimum Gasteiger partial charge on any atom is -0.394 e. The second-order valence-electron chi connectivity index (χ2n) is 24.3. The number of aliphatic hydroxyl groups excluding tert-OH is 8. The van der Waals surface area contributed by atoms with Gasteiger partial charge >= 0.3 is 0 Å². The van der Waals surface area contributed by atoms with Crippen LogP contribution in [0.25, 0.3) is 0 Å². The van der Waals surface area contributed by atoms with Crippen LogP contribution in [-0.2, 0) is 23.7 Å². The maximum absolute atomic E-state index is 13.3. The van der Waals surface area contributed by atoms with Gasteiger partial charge in [-0.2, -0.15) is 0 Å². The van der Waals surface area contributed by atoms with Gasteiger partial charge in [-0.25, -0.2) is 0 Å². The summed E-state index contributed by atoms with van der Waals surface area (Å²) in [6.07, 6.45) is 75.7. The van der Waals surface area contributed by atoms with E-state index in [0.29, 0.717) is 12.8 Å². The number of unbranched alkanes of at least 4 members (excludes halogenated alkanes) is 19. The van der Waals surface area contributed by atoms with Crippen molar-refractivity contribution in [3.63, 3.8) is 0 Å². The van der Waals surface area contributed by atoms with Gasteiger partial charge < -0.3 is 65.1 Å². The lowest BCUT2D eigenvalue weighted by Crippen LogP contribution is -2.65. The molecule has 522 valence electrons. The quantitative estimate of drug-likeness (QED) is 0.0204. The van der Waals surface area contributed by atoms with E-state index in [9.17, 15) is 45.6 Å². The number of amides is 1. The maximum atomic E-state index is 13.3. The molecule has 2 saturated heterocycles. The molecule has 12 atom stereocenters. The molecule has 2 heterocycles. The highest BCUT2D eigenvalue weighted by Gasteiger charge is 2.51. The van der Waals surface area contributed by atoms with Crippen LogP contribution in [0.2, 0.25) is 0 Å². The summed E-state index contributed by atoms with van der Waals surface area (Å²) in [7, 11) is 0. The standard InChI is InChI=1S/C78H127NO13/c1-3-5-7-9-11-13-15-17-19-21-23-25-26-27-28-29-30-31-32-33-34-35-36-37-38-39-40-42-44-46-48-50-52-54-56-58-60-62-70(83)79-66(67(82)61-59-57-55-53-51-49-47-45-43-41-24-22-20-18-16-14-12-10-8-6-4-2)65-89-77-75(88)73(86)76(69(64-81)91-77)92-78-74(87)72(85)71(84)68(63-80)90-78/h5,7,11,13,17,19,23,25,27-28,30-31,33-34,36-37,39-40,43-46,51,53,59,61,66-69,71-78,80-82,84-88H,3-4,6,8-10,12,14-16,18,20-22,24,26,29,32,35,38,41-42,47-50,52,54-58,60,62-65H2,1-2H3,(H,79,83)/b7-5-,13-11-,19-17-,25-23-,28-27-,31-30-,34-33-,37-36-,40-39-,45-43+,46-44-,53-51+,61-59+. The van der Waals surface area contributed by atoms with Crippen molar-refractivity contribution in [3.05, 3.63) is 158 Å². The SMILES string of the molecule is CC/C=C\C/C=C\C/C=C\C/C=C\C/C=C\C/C=C\C/C=C\C/C=C\C/C=C\C/C=C\CCCCCCCCC(=O)NC(COC1OC(CO)C(OC2OC(CO)C(O)C(O)C2O)C(O)C1O)C(O)/C=C/CC/C=C/CC/C=C/CCCCCCCCCCCCC. The van der Waals surface area contributed by atoms with Crippen molar-refractivity contribution >= 4 is 5.91 Å². The van der Waals surface area contributed by atoms with Crippen LogP contribution in [0.15, 0.2) is 158 Å². The Hall–Kier alpha value is -4.39. The van der Waals surface area contributed by atoms with Gasteiger partial charge in [0.15, 0.2) is 12.6 Å². The fourth-order valence-corrected chi connectivity index (χ4v) is 10.5. The Bertz CT molecular complexity index is 2150. The molecule has 2 aliphatic heterocycles. The lowest BCUT2D eigenvalue weighted by Gasteiger charge is -2.46. The molecule has 2 fully saturated rings. The third-order valence-corrected chi connectivity index (χ3v) is 16.2. The molecule has 0 aromatic carbocycles. The zero-order chi connectivity index (χ0) is 66.6. The summed E-state index contributed by atoms with van der Waals surface area (Å²) in [5, 5.41) is 87.4. The molecule has 14 nitrogen and oxygen atoms in total. The Kier molecular flexibility index (Phi) is 54.8. The molecule has 2 rings (SSSR count). The predicted molar refractivity (Wildman–Crippen MR) is 377 cm³/mol. The second kappa shape index (κ2) is 60.3. The van der Waals surface area contributed by atoms with Crippen LogP contribution in [0.5, 0.6) is 0 Å². The molecule has 9 N–H and O–H groups in total. The van der Waals surface area contributed by atoms with E-state index in [1.54, 1.807) is 6.08 Å². The van der Waals surface area contributed by atoms with Gasteiger partial charge in [-0.1, -0.05) is 262 Å². The molecule has 0 aromatic heterocycles. The predicted octanol–water partition coefficient (Wildman–Crippen LogP) is 15.0. The fourth-order valence-electron chi connectivity index (χ4n) is 10.5. The van der Waals surface area contributed by atoms with E-state index >= 15 is 0 Å². The summed E-state index contributed by atoms with van der Waals surface area (Å²) in [6, 6.07) is -0.959. The molecule has 1 amide bonds. The molecule has 0 aromatic rings. The average molecular weight is 1290 g/mol. The van der Waals surface area contributed by atoms with Crippen LogP contribution in [0.3, 0.4) is 0 Å². The monoisotopic (exact) mass is 1290 g/mol. The molecular weight excluding hydrogens is 1160 g/mol. The molecular formula is C78H127NO13. The first-order valence-corrected chi connectivity index (χ1v) is 35.7. The number of carbonyl (C=O) groups is 1. The Morgan fingerprint density at radius 1 is 0.402 bits per heavy atom. The molecule has 2 aliphatic rings. The van der Waals surface area contributed by atoms with Gasteiger partial charge in [-0.3, -0.25) is 4.79 Å². The number of carbonyl (C=O) groups excluding carboxylic acids is 1. The number of ether oxygens (including phenoxy) is 4. The number of hydrogen-bond donors (Lipinski definition) is 9. The summed E-state index contributed by atoms with van der Waals surface area (Å²) in [5.41, 5.74) is 0. The van der Waals surface area contributed by atoms with Crippen LogP contribution in [-0.4, -0.2) is 140 Å². The lowest BCUT2D eigenvalue weighted by molar-refractivity contribution is -0.359. The highest BCUT2D eigenvalue weighted by atomic mass is 16.7. The van der Waals surface area contributed by atoms with Crippen LogP contribution in [0.1, 0.15) is 232 Å². The zero-order valence-electron chi connectivity index (χ0n) is 56.7. The Labute approximate surface area is 556 Å². The Morgan fingerprint density at radius 2 is 0.761 bits per heavy atom. The normalized spacial score (nSPS) is 23.7. The molecule has 0 saturated carbocycles. The highest BCUT2D eigenvalue weighted by Crippen LogP contribution is 2.30. The minimum absolute atomic E-state index is 0.242.